The molecule has 1 aliphatic heterocycles. The van der Waals surface area contributed by atoms with Crippen LogP contribution in [0.3, 0.4) is 0 Å². The lowest BCUT2D eigenvalue weighted by Crippen LogP contribution is -2.38. The van der Waals surface area contributed by atoms with Crippen LogP contribution in [0, 0.1) is 11.7 Å². The summed E-state index contributed by atoms with van der Waals surface area (Å²) in [5, 5.41) is 8.02. The Morgan fingerprint density at radius 2 is 1.93 bits per heavy atom. The molecule has 0 atom stereocenters. The van der Waals surface area contributed by atoms with Gasteiger partial charge in [-0.1, -0.05) is 31.2 Å². The van der Waals surface area contributed by atoms with Gasteiger partial charge in [-0.15, -0.1) is 5.10 Å². The summed E-state index contributed by atoms with van der Waals surface area (Å²) in [7, 11) is 0. The van der Waals surface area contributed by atoms with E-state index in [1.165, 1.54) is 12.1 Å². The van der Waals surface area contributed by atoms with Gasteiger partial charge >= 0.3 is 0 Å². The van der Waals surface area contributed by atoms with Gasteiger partial charge in [0, 0.05) is 25.4 Å². The van der Waals surface area contributed by atoms with Crippen molar-refractivity contribution in [2.45, 2.75) is 45.6 Å². The maximum Gasteiger partial charge on any atom is 0.281 e. The van der Waals surface area contributed by atoms with Crippen LogP contribution in [-0.4, -0.2) is 48.9 Å². The number of amides is 1. The summed E-state index contributed by atoms with van der Waals surface area (Å²) in [5.41, 5.74) is 1.12. The maximum absolute atomic E-state index is 13.2. The van der Waals surface area contributed by atoms with Crippen LogP contribution in [0.15, 0.2) is 29.1 Å². The molecule has 4 rings (SSSR count). The maximum atomic E-state index is 13.2. The molecule has 1 saturated heterocycles. The number of carbonyl (C=O) groups excluding carboxylic acids is 1. The molecule has 0 bridgehead atoms. The number of aromatic nitrogens is 5. The van der Waals surface area contributed by atoms with Crippen LogP contribution >= 0.6 is 0 Å². The number of likely N-dealkylation sites (tertiary alicyclic amines) is 1. The lowest BCUT2D eigenvalue weighted by Gasteiger charge is -2.32. The Morgan fingerprint density at radius 1 is 1.23 bits per heavy atom. The van der Waals surface area contributed by atoms with Crippen molar-refractivity contribution in [3.63, 3.8) is 0 Å². The van der Waals surface area contributed by atoms with Crippen LogP contribution in [0.5, 0.6) is 0 Å². The Bertz CT molecular complexity index is 1100. The first-order valence-corrected chi connectivity index (χ1v) is 10.3. The number of piperidine rings is 1. The van der Waals surface area contributed by atoms with Crippen LogP contribution in [0.4, 0.5) is 4.39 Å². The zero-order valence-electron chi connectivity index (χ0n) is 17.1. The summed E-state index contributed by atoms with van der Waals surface area (Å²) >= 11 is 0. The first-order chi connectivity index (χ1) is 14.4. The Hall–Kier alpha value is -3.10. The molecule has 2 aromatic heterocycles. The van der Waals surface area contributed by atoms with Crippen LogP contribution in [0.1, 0.15) is 50.4 Å². The number of aromatic amines is 1. The molecule has 0 unspecified atom stereocenters. The van der Waals surface area contributed by atoms with Crippen molar-refractivity contribution in [1.29, 1.82) is 0 Å². The molecule has 0 aliphatic carbocycles. The second kappa shape index (κ2) is 8.33. The highest BCUT2D eigenvalue weighted by molar-refractivity contribution is 5.76. The van der Waals surface area contributed by atoms with E-state index in [1.807, 2.05) is 18.7 Å². The average molecular weight is 412 g/mol. The quantitative estimate of drug-likeness (QED) is 0.694. The van der Waals surface area contributed by atoms with Crippen LogP contribution in [0.25, 0.3) is 11.2 Å². The summed E-state index contributed by atoms with van der Waals surface area (Å²) in [5.74, 6) is 0.884. The highest BCUT2D eigenvalue weighted by Crippen LogP contribution is 2.26. The van der Waals surface area contributed by atoms with E-state index in [4.69, 9.17) is 0 Å². The highest BCUT2D eigenvalue weighted by Gasteiger charge is 2.26. The number of hydrogen-bond acceptors (Lipinski definition) is 5. The zero-order valence-corrected chi connectivity index (χ0v) is 17.1. The minimum Gasteiger partial charge on any atom is -0.343 e. The van der Waals surface area contributed by atoms with Crippen molar-refractivity contribution in [2.75, 3.05) is 13.1 Å². The second-order valence-corrected chi connectivity index (χ2v) is 8.25. The summed E-state index contributed by atoms with van der Waals surface area (Å²) in [6, 6.07) is 6.10. The molecule has 1 aromatic carbocycles. The monoisotopic (exact) mass is 412 g/mol. The Morgan fingerprint density at radius 3 is 2.60 bits per heavy atom. The topological polar surface area (TPSA) is 96.8 Å². The van der Waals surface area contributed by atoms with Crippen molar-refractivity contribution in [3.05, 3.63) is 51.8 Å². The fraction of sp³-hybridized carbons (Fsp3) is 0.476. The predicted octanol–water partition coefficient (Wildman–Crippen LogP) is 2.45. The minimum absolute atomic E-state index is 0.0689. The van der Waals surface area contributed by atoms with Crippen molar-refractivity contribution in [2.24, 2.45) is 5.92 Å². The molecule has 3 heterocycles. The molecule has 30 heavy (non-hydrogen) atoms. The van der Waals surface area contributed by atoms with E-state index in [1.54, 1.807) is 16.8 Å². The first kappa shape index (κ1) is 20.2. The molecule has 0 spiro atoms. The molecule has 1 amide bonds. The number of H-pyrrole nitrogens is 1. The van der Waals surface area contributed by atoms with E-state index in [2.05, 4.69) is 20.3 Å². The lowest BCUT2D eigenvalue weighted by atomic mass is 9.95. The molecule has 3 aromatic rings. The number of carbonyl (C=O) groups is 1. The number of benzene rings is 1. The van der Waals surface area contributed by atoms with E-state index in [0.717, 1.165) is 18.4 Å². The molecule has 8 nitrogen and oxygen atoms in total. The number of nitrogens with one attached hydrogen (secondary N) is 1. The summed E-state index contributed by atoms with van der Waals surface area (Å²) in [4.78, 5) is 34.2. The van der Waals surface area contributed by atoms with E-state index in [9.17, 15) is 14.0 Å². The molecule has 1 N–H and O–H groups in total. The SMILES string of the molecule is CC(C)CC(=O)N1CCC(c2nc3c(nnn3Cc3ccc(F)cc3)c(=O)[nH]2)CC1. The minimum atomic E-state index is -0.321. The van der Waals surface area contributed by atoms with E-state index < -0.39 is 0 Å². The highest BCUT2D eigenvalue weighted by atomic mass is 19.1. The predicted molar refractivity (Wildman–Crippen MR) is 109 cm³/mol. The Kier molecular flexibility index (Phi) is 5.61. The third-order valence-corrected chi connectivity index (χ3v) is 5.45. The number of nitrogens with zero attached hydrogens (tertiary/aromatic N) is 5. The fourth-order valence-electron chi connectivity index (χ4n) is 3.83. The summed E-state index contributed by atoms with van der Waals surface area (Å²) < 4.78 is 14.7. The Labute approximate surface area is 173 Å². The van der Waals surface area contributed by atoms with Crippen molar-refractivity contribution in [3.8, 4) is 0 Å². The standard InChI is InChI=1S/C21H25FN6O2/c1-13(2)11-17(29)27-9-7-15(8-10-27)19-23-20-18(21(30)24-19)25-26-28(20)12-14-3-5-16(22)6-4-14/h3-6,13,15H,7-12H2,1-2H3,(H,23,24,30). The fourth-order valence-corrected chi connectivity index (χ4v) is 3.83. The summed E-state index contributed by atoms with van der Waals surface area (Å²) in [6.07, 6.45) is 2.05. The van der Waals surface area contributed by atoms with Crippen molar-refractivity contribution >= 4 is 17.1 Å². The van der Waals surface area contributed by atoms with Gasteiger partial charge in [0.15, 0.2) is 11.2 Å². The smallest absolute Gasteiger partial charge is 0.281 e. The van der Waals surface area contributed by atoms with Gasteiger partial charge in [0.25, 0.3) is 5.56 Å². The van der Waals surface area contributed by atoms with E-state index >= 15 is 0 Å². The lowest BCUT2D eigenvalue weighted by molar-refractivity contribution is -0.133. The van der Waals surface area contributed by atoms with Crippen LogP contribution in [-0.2, 0) is 11.3 Å². The van der Waals surface area contributed by atoms with Gasteiger partial charge < -0.3 is 9.88 Å². The van der Waals surface area contributed by atoms with Crippen molar-refractivity contribution < 1.29 is 9.18 Å². The molecular formula is C21H25FN6O2. The van der Waals surface area contributed by atoms with Crippen LogP contribution in [0.2, 0.25) is 0 Å². The largest absolute Gasteiger partial charge is 0.343 e. The molecule has 1 fully saturated rings. The van der Waals surface area contributed by atoms with Gasteiger partial charge in [0.1, 0.15) is 11.6 Å². The van der Waals surface area contributed by atoms with E-state index in [-0.39, 0.29) is 28.7 Å². The van der Waals surface area contributed by atoms with Crippen LogP contribution < -0.4 is 5.56 Å². The average Bonchev–Trinajstić information content (AvgIpc) is 3.12. The Balaban J connectivity index is 1.53. The number of hydrogen-bond donors (Lipinski definition) is 1. The molecule has 1 aliphatic rings. The third kappa shape index (κ3) is 4.24. The summed E-state index contributed by atoms with van der Waals surface area (Å²) in [6.45, 7) is 5.74. The molecule has 0 saturated carbocycles. The normalized spacial score (nSPS) is 15.3. The molecule has 9 heteroatoms. The zero-order chi connectivity index (χ0) is 21.3. The second-order valence-electron chi connectivity index (χ2n) is 8.25. The molecule has 158 valence electrons. The number of halogens is 1. The number of rotatable bonds is 5. The van der Waals surface area contributed by atoms with Gasteiger partial charge in [0.2, 0.25) is 5.91 Å². The number of fused-ring (bicyclic) bond motifs is 1. The van der Waals surface area contributed by atoms with Gasteiger partial charge in [-0.25, -0.2) is 14.1 Å². The van der Waals surface area contributed by atoms with Crippen molar-refractivity contribution in [1.82, 2.24) is 29.9 Å². The van der Waals surface area contributed by atoms with Gasteiger partial charge in [-0.05, 0) is 36.5 Å². The van der Waals surface area contributed by atoms with Gasteiger partial charge in [-0.2, -0.15) is 0 Å². The molecular weight excluding hydrogens is 387 g/mol. The van der Waals surface area contributed by atoms with Gasteiger partial charge in [-0.3, -0.25) is 9.59 Å². The first-order valence-electron chi connectivity index (χ1n) is 10.3. The molecule has 0 radical (unpaired) electrons. The van der Waals surface area contributed by atoms with E-state index in [0.29, 0.717) is 43.4 Å². The van der Waals surface area contributed by atoms with Gasteiger partial charge in [0.05, 0.1) is 6.54 Å². The third-order valence-electron chi connectivity index (χ3n) is 5.45.